The van der Waals surface area contributed by atoms with Gasteiger partial charge in [-0.15, -0.1) is 10.2 Å². The molecule has 6 nitrogen and oxygen atoms in total. The average molecular weight is 394 g/mol. The monoisotopic (exact) mass is 393 g/mol. The number of pyridine rings is 1. The average Bonchev–Trinajstić information content (AvgIpc) is 3.50. The van der Waals surface area contributed by atoms with E-state index in [-0.39, 0.29) is 11.9 Å². The van der Waals surface area contributed by atoms with Gasteiger partial charge in [-0.25, -0.2) is 0 Å². The zero-order chi connectivity index (χ0) is 19.3. The Bertz CT molecular complexity index is 924. The number of aromatic nitrogens is 4. The Morgan fingerprint density at radius 2 is 2.04 bits per heavy atom. The van der Waals surface area contributed by atoms with Gasteiger partial charge in [0.2, 0.25) is 5.91 Å². The van der Waals surface area contributed by atoms with Crippen molar-refractivity contribution in [3.05, 3.63) is 60.4 Å². The van der Waals surface area contributed by atoms with Crippen LogP contribution in [0.3, 0.4) is 0 Å². The third-order valence-corrected chi connectivity index (χ3v) is 5.84. The minimum atomic E-state index is 0.0431. The van der Waals surface area contributed by atoms with Gasteiger partial charge in [-0.2, -0.15) is 0 Å². The van der Waals surface area contributed by atoms with Crippen LogP contribution in [0.1, 0.15) is 25.3 Å². The summed E-state index contributed by atoms with van der Waals surface area (Å²) in [6, 6.07) is 14.3. The molecule has 1 N–H and O–H groups in total. The van der Waals surface area contributed by atoms with E-state index in [1.165, 1.54) is 24.6 Å². The summed E-state index contributed by atoms with van der Waals surface area (Å²) < 4.78 is 2.05. The van der Waals surface area contributed by atoms with Crippen molar-refractivity contribution in [2.24, 2.45) is 5.92 Å². The number of carbonyl (C=O) groups is 1. The number of hydrogen-bond donors (Lipinski definition) is 1. The van der Waals surface area contributed by atoms with E-state index in [1.54, 1.807) is 12.4 Å². The second-order valence-corrected chi connectivity index (χ2v) is 8.04. The third-order valence-electron chi connectivity index (χ3n) is 4.87. The number of benzene rings is 1. The van der Waals surface area contributed by atoms with Gasteiger partial charge in [-0.05, 0) is 43.4 Å². The number of hydrogen-bond acceptors (Lipinski definition) is 5. The second-order valence-electron chi connectivity index (χ2n) is 7.10. The first-order valence-corrected chi connectivity index (χ1v) is 10.5. The molecule has 1 atom stereocenters. The van der Waals surface area contributed by atoms with Crippen LogP contribution in [0.15, 0.2) is 60.0 Å². The van der Waals surface area contributed by atoms with Gasteiger partial charge in [0.1, 0.15) is 0 Å². The van der Waals surface area contributed by atoms with Gasteiger partial charge >= 0.3 is 0 Å². The first-order valence-electron chi connectivity index (χ1n) is 9.50. The molecule has 0 spiro atoms. The van der Waals surface area contributed by atoms with Crippen LogP contribution in [0.4, 0.5) is 0 Å². The molecular formula is C21H23N5OS. The van der Waals surface area contributed by atoms with Gasteiger partial charge in [-0.3, -0.25) is 14.3 Å². The number of thioether (sulfide) groups is 1. The zero-order valence-electron chi connectivity index (χ0n) is 15.8. The highest BCUT2D eigenvalue weighted by molar-refractivity contribution is 7.99. The van der Waals surface area contributed by atoms with Gasteiger partial charge in [0.05, 0.1) is 12.3 Å². The number of amides is 1. The molecule has 7 heteroatoms. The molecule has 0 unspecified atom stereocenters. The molecule has 1 fully saturated rings. The second kappa shape index (κ2) is 8.56. The van der Waals surface area contributed by atoms with Crippen molar-refractivity contribution in [1.82, 2.24) is 25.1 Å². The van der Waals surface area contributed by atoms with Crippen LogP contribution in [0.2, 0.25) is 0 Å². The van der Waals surface area contributed by atoms with Crippen LogP contribution in [-0.2, 0) is 11.3 Å². The molecular weight excluding hydrogens is 370 g/mol. The summed E-state index contributed by atoms with van der Waals surface area (Å²) >= 11 is 1.42. The van der Waals surface area contributed by atoms with Crippen LogP contribution >= 0.6 is 11.8 Å². The number of rotatable bonds is 8. The van der Waals surface area contributed by atoms with Crippen LogP contribution in [0.5, 0.6) is 0 Å². The van der Waals surface area contributed by atoms with E-state index in [4.69, 9.17) is 0 Å². The Balaban J connectivity index is 1.52. The minimum Gasteiger partial charge on any atom is -0.353 e. The molecule has 0 radical (unpaired) electrons. The summed E-state index contributed by atoms with van der Waals surface area (Å²) in [4.78, 5) is 16.5. The Kier molecular flexibility index (Phi) is 5.71. The Hall–Kier alpha value is -2.67. The molecule has 2 aromatic heterocycles. The molecule has 4 rings (SSSR count). The van der Waals surface area contributed by atoms with Crippen molar-refractivity contribution < 1.29 is 4.79 Å². The molecule has 1 aliphatic rings. The fraction of sp³-hybridized carbons (Fsp3) is 0.333. The SMILES string of the molecule is C[C@@H](NC(=O)CSc1nnc(-c2cccnc2)n1Cc1ccccc1)C1CC1. The predicted octanol–water partition coefficient (Wildman–Crippen LogP) is 3.40. The molecule has 1 amide bonds. The summed E-state index contributed by atoms with van der Waals surface area (Å²) in [5, 5.41) is 12.6. The summed E-state index contributed by atoms with van der Waals surface area (Å²) in [6.45, 7) is 2.72. The van der Waals surface area contributed by atoms with Crippen LogP contribution < -0.4 is 5.32 Å². The van der Waals surface area contributed by atoms with E-state index in [1.807, 2.05) is 30.3 Å². The van der Waals surface area contributed by atoms with E-state index in [0.717, 1.165) is 22.1 Å². The largest absolute Gasteiger partial charge is 0.353 e. The highest BCUT2D eigenvalue weighted by Gasteiger charge is 2.29. The summed E-state index contributed by atoms with van der Waals surface area (Å²) in [7, 11) is 0. The summed E-state index contributed by atoms with van der Waals surface area (Å²) in [5.74, 6) is 1.78. The molecule has 28 heavy (non-hydrogen) atoms. The van der Waals surface area contributed by atoms with E-state index in [9.17, 15) is 4.79 Å². The molecule has 0 saturated heterocycles. The van der Waals surface area contributed by atoms with Crippen molar-refractivity contribution in [3.63, 3.8) is 0 Å². The Morgan fingerprint density at radius 1 is 1.21 bits per heavy atom. The number of nitrogens with zero attached hydrogens (tertiary/aromatic N) is 4. The van der Waals surface area contributed by atoms with Crippen LogP contribution in [0.25, 0.3) is 11.4 Å². The molecule has 144 valence electrons. The van der Waals surface area contributed by atoms with E-state index < -0.39 is 0 Å². The maximum Gasteiger partial charge on any atom is 0.230 e. The van der Waals surface area contributed by atoms with Gasteiger partial charge in [0.25, 0.3) is 0 Å². The van der Waals surface area contributed by atoms with E-state index >= 15 is 0 Å². The topological polar surface area (TPSA) is 72.7 Å². The fourth-order valence-electron chi connectivity index (χ4n) is 3.15. The summed E-state index contributed by atoms with van der Waals surface area (Å²) in [6.07, 6.45) is 5.95. The van der Waals surface area contributed by atoms with Gasteiger partial charge in [0, 0.05) is 24.0 Å². The molecule has 2 heterocycles. The number of nitrogens with one attached hydrogen (secondary N) is 1. The Morgan fingerprint density at radius 3 is 2.75 bits per heavy atom. The molecule has 1 saturated carbocycles. The van der Waals surface area contributed by atoms with E-state index in [0.29, 0.717) is 18.2 Å². The van der Waals surface area contributed by atoms with Crippen molar-refractivity contribution in [3.8, 4) is 11.4 Å². The molecule has 0 bridgehead atoms. The van der Waals surface area contributed by atoms with Crippen LogP contribution in [-0.4, -0.2) is 37.5 Å². The Labute approximate surface area is 168 Å². The lowest BCUT2D eigenvalue weighted by Gasteiger charge is -2.13. The standard InChI is InChI=1S/C21H23N5OS/c1-15(17-9-10-17)23-19(27)14-28-21-25-24-20(18-8-5-11-22-12-18)26(21)13-16-6-3-2-4-7-16/h2-8,11-12,15,17H,9-10,13-14H2,1H3,(H,23,27)/t15-/m1/s1. The van der Waals surface area contributed by atoms with Crippen molar-refractivity contribution in [1.29, 1.82) is 0 Å². The fourth-order valence-corrected chi connectivity index (χ4v) is 3.90. The maximum atomic E-state index is 12.3. The van der Waals surface area contributed by atoms with Crippen molar-refractivity contribution in [2.75, 3.05) is 5.75 Å². The molecule has 1 aliphatic carbocycles. The lowest BCUT2D eigenvalue weighted by molar-refractivity contribution is -0.119. The molecule has 3 aromatic rings. The van der Waals surface area contributed by atoms with Crippen molar-refractivity contribution in [2.45, 2.75) is 37.5 Å². The third kappa shape index (κ3) is 4.59. The van der Waals surface area contributed by atoms with E-state index in [2.05, 4.69) is 44.1 Å². The summed E-state index contributed by atoms with van der Waals surface area (Å²) in [5.41, 5.74) is 2.06. The first kappa shape index (κ1) is 18.7. The molecule has 0 aliphatic heterocycles. The molecule has 1 aromatic carbocycles. The quantitative estimate of drug-likeness (QED) is 0.594. The van der Waals surface area contributed by atoms with Gasteiger partial charge in [-0.1, -0.05) is 42.1 Å². The minimum absolute atomic E-state index is 0.0431. The first-order chi connectivity index (χ1) is 13.7. The zero-order valence-corrected chi connectivity index (χ0v) is 16.6. The number of carbonyl (C=O) groups excluding carboxylic acids is 1. The van der Waals surface area contributed by atoms with Gasteiger partial charge < -0.3 is 5.32 Å². The smallest absolute Gasteiger partial charge is 0.230 e. The van der Waals surface area contributed by atoms with Gasteiger partial charge in [0.15, 0.2) is 11.0 Å². The lowest BCUT2D eigenvalue weighted by atomic mass is 10.2. The lowest BCUT2D eigenvalue weighted by Crippen LogP contribution is -2.35. The predicted molar refractivity (Wildman–Crippen MR) is 110 cm³/mol. The highest BCUT2D eigenvalue weighted by atomic mass is 32.2. The van der Waals surface area contributed by atoms with Crippen molar-refractivity contribution >= 4 is 17.7 Å². The maximum absolute atomic E-state index is 12.3. The normalized spacial score (nSPS) is 14.6. The van der Waals surface area contributed by atoms with Crippen LogP contribution in [0, 0.1) is 5.92 Å². The highest BCUT2D eigenvalue weighted by Crippen LogP contribution is 2.32.